The van der Waals surface area contributed by atoms with Gasteiger partial charge in [-0.2, -0.15) is 0 Å². The van der Waals surface area contributed by atoms with Crippen molar-refractivity contribution in [3.05, 3.63) is 0 Å². The minimum absolute atomic E-state index is 0. The van der Waals surface area contributed by atoms with Gasteiger partial charge in [0.2, 0.25) is 18.2 Å². The van der Waals surface area contributed by atoms with E-state index in [9.17, 15) is 4.20 Å². The maximum absolute atomic E-state index is 10.4. The van der Waals surface area contributed by atoms with E-state index < -0.39 is 19.8 Å². The van der Waals surface area contributed by atoms with E-state index >= 15 is 0 Å². The average molecular weight is 327 g/mol. The van der Waals surface area contributed by atoms with Crippen LogP contribution in [0.5, 0.6) is 0 Å². The van der Waals surface area contributed by atoms with Gasteiger partial charge in [0.1, 0.15) is 0 Å². The second-order valence-corrected chi connectivity index (χ2v) is 2.34. The Labute approximate surface area is 126 Å². The van der Waals surface area contributed by atoms with Gasteiger partial charge in [0.05, 0.1) is 0 Å². The number of carbonyl (C=O) groups is 2. The molecule has 13 nitrogen and oxygen atoms in total. The molecule has 7 N–H and O–H groups in total. The zero-order valence-corrected chi connectivity index (χ0v) is 9.96. The van der Waals surface area contributed by atoms with Gasteiger partial charge in [-0.05, 0) is 0 Å². The van der Waals surface area contributed by atoms with Gasteiger partial charge in [-0.1, -0.05) is 0 Å². The number of carbonyl (C=O) groups excluding carboxylic acids is 3. The summed E-state index contributed by atoms with van der Waals surface area (Å²) in [4.78, 5) is 57.2. The summed E-state index contributed by atoms with van der Waals surface area (Å²) < 4.78 is 19.0. The van der Waals surface area contributed by atoms with Gasteiger partial charge in [-0.15, -0.1) is 4.20 Å². The third-order valence-corrected chi connectivity index (χ3v) is 0.183. The van der Waals surface area contributed by atoms with Crippen LogP contribution >= 0.6 is 7.91 Å². The molecule has 0 amide bonds. The zero-order chi connectivity index (χ0) is 17.8. The Morgan fingerprint density at radius 1 is 0.857 bits per heavy atom. The van der Waals surface area contributed by atoms with E-state index in [1.807, 2.05) is 0 Å². The minimum atomic E-state index is -5.14. The van der Waals surface area contributed by atoms with Gasteiger partial charge in [0.15, 0.2) is 0 Å². The van der Waals surface area contributed by atoms with Crippen molar-refractivity contribution in [2.24, 2.45) is 0 Å². The second-order valence-electron chi connectivity index (χ2n) is 1.39. The molecule has 0 bridgehead atoms. The second kappa shape index (κ2) is 30.6. The Morgan fingerprint density at radius 2 is 0.905 bits per heavy atom. The molecule has 0 aliphatic rings. The quantitative estimate of drug-likeness (QED) is 0.0867. The van der Waals surface area contributed by atoms with Gasteiger partial charge in [0.25, 0.3) is 0 Å². The molecule has 116 valence electrons. The number of carboxylic acid groups (broad SMARTS) is 2. The van der Waals surface area contributed by atoms with Crippen LogP contribution < -0.4 is 0 Å². The first-order valence-electron chi connectivity index (χ1n) is 3.22. The molecular weight excluding hydrogens is 319 g/mol. The van der Waals surface area contributed by atoms with E-state index in [-0.39, 0.29) is 18.9 Å². The number of carboxylic acids is 2. The van der Waals surface area contributed by atoms with Gasteiger partial charge in [0, 0.05) is 0 Å². The summed E-state index contributed by atoms with van der Waals surface area (Å²) in [5, 5.41) is 31.0. The molecule has 21 heavy (non-hydrogen) atoms. The van der Waals surface area contributed by atoms with Gasteiger partial charge < -0.3 is 10.2 Å². The summed E-state index contributed by atoms with van der Waals surface area (Å²) in [6, 6.07) is 0. The van der Waals surface area contributed by atoms with E-state index in [1.165, 1.54) is 0 Å². The van der Waals surface area contributed by atoms with Crippen LogP contribution in [0.1, 0.15) is 0 Å². The monoisotopic (exact) mass is 327 g/mol. The number of rotatable bonds is 0. The molecule has 0 spiro atoms. The van der Waals surface area contributed by atoms with Crippen molar-refractivity contribution in [3.8, 4) is 0 Å². The summed E-state index contributed by atoms with van der Waals surface area (Å²) in [7, 11) is -5.14. The van der Waals surface area contributed by atoms with Crippen LogP contribution in [0.25, 0.3) is 0 Å². The van der Waals surface area contributed by atoms with Crippen LogP contribution in [0.2, 0.25) is 0 Å². The fourth-order valence-corrected chi connectivity index (χ4v) is 0. The van der Waals surface area contributed by atoms with E-state index in [0.717, 1.165) is 18.2 Å². The number of halogens is 1. The number of nitrogens with one attached hydrogen (secondary N) is 3. The molecular formula is C5H8FLiN3O10P. The van der Waals surface area contributed by atoms with Crippen molar-refractivity contribution in [1.29, 1.82) is 16.2 Å². The summed E-state index contributed by atoms with van der Waals surface area (Å²) in [5.74, 6) is -3.65. The molecule has 16 heteroatoms. The van der Waals surface area contributed by atoms with Crippen molar-refractivity contribution in [2.45, 2.75) is 0 Å². The molecule has 0 aromatic rings. The van der Waals surface area contributed by atoms with E-state index in [0.29, 0.717) is 0 Å². The Hall–Kier alpha value is -2.24. The van der Waals surface area contributed by atoms with E-state index in [4.69, 9.17) is 64.8 Å². The number of hydrogen-bond donors (Lipinski definition) is 7. The molecule has 0 heterocycles. The Bertz CT molecular complexity index is 370. The fourth-order valence-electron chi connectivity index (χ4n) is 0. The summed E-state index contributed by atoms with van der Waals surface area (Å²) in [6.07, 6.45) is 2.25. The predicted molar refractivity (Wildman–Crippen MR) is 60.8 cm³/mol. The standard InChI is InChI=1S/C2H2O4.3CHNO.FH2O3P.Li.H/c3-1(4)2(5)6;3*2-1-3;1-5(2,3)4;;/h(H,3,4)(H,5,6);3*2H;(H2,2,3,4);;. The summed E-state index contributed by atoms with van der Waals surface area (Å²) in [5.41, 5.74) is 0. The molecule has 0 unspecified atom stereocenters. The molecule has 0 aromatic carbocycles. The predicted octanol–water partition coefficient (Wildman–Crippen LogP) is -1.74. The van der Waals surface area contributed by atoms with Crippen LogP contribution in [-0.4, -0.2) is 69.0 Å². The van der Waals surface area contributed by atoms with Gasteiger partial charge in [-0.3, -0.25) is 9.79 Å². The Morgan fingerprint density at radius 3 is 0.905 bits per heavy atom. The first-order chi connectivity index (χ1) is 8.89. The zero-order valence-electron chi connectivity index (χ0n) is 9.06. The Balaban J connectivity index is -0.0000000344. The van der Waals surface area contributed by atoms with E-state index in [2.05, 4.69) is 0 Å². The van der Waals surface area contributed by atoms with Gasteiger partial charge in [-0.25, -0.2) is 44.8 Å². The van der Waals surface area contributed by atoms with Crippen molar-refractivity contribution >= 4 is 56.9 Å². The van der Waals surface area contributed by atoms with Crippen molar-refractivity contribution in [2.75, 3.05) is 0 Å². The van der Waals surface area contributed by atoms with Crippen LogP contribution in [0.3, 0.4) is 0 Å². The fraction of sp³-hybridized carbons (Fsp3) is 0. The first kappa shape index (κ1) is 36.3. The summed E-state index contributed by atoms with van der Waals surface area (Å²) in [6.45, 7) is 0. The molecule has 0 saturated heterocycles. The van der Waals surface area contributed by atoms with Crippen molar-refractivity contribution in [3.63, 3.8) is 0 Å². The normalized spacial score (nSPS) is 6.05. The van der Waals surface area contributed by atoms with E-state index in [1.54, 1.807) is 0 Å². The van der Waals surface area contributed by atoms with Crippen molar-refractivity contribution < 1.29 is 52.7 Å². The van der Waals surface area contributed by atoms with Gasteiger partial charge >= 0.3 is 38.7 Å². The third kappa shape index (κ3) is 1430. The average Bonchev–Trinajstić information content (AvgIpc) is 2.18. The van der Waals surface area contributed by atoms with Crippen LogP contribution in [0, 0.1) is 16.2 Å². The van der Waals surface area contributed by atoms with Crippen LogP contribution in [0.4, 0.5) is 4.20 Å². The molecule has 0 radical (unpaired) electrons. The molecule has 0 aromatic heterocycles. The number of isocyanates is 3. The SMILES string of the molecule is N=C=O.N=C=O.N=C=O.O=C(O)C(=O)O.O=P(O)(O)F.[LiH]. The van der Waals surface area contributed by atoms with Crippen molar-refractivity contribution in [1.82, 2.24) is 0 Å². The Kier molecular flexibility index (Phi) is 53.0. The maximum atomic E-state index is 10.4. The number of aliphatic carboxylic acids is 2. The van der Waals surface area contributed by atoms with Crippen LogP contribution in [0.15, 0.2) is 0 Å². The third-order valence-electron chi connectivity index (χ3n) is 0.183. The molecule has 0 aliphatic carbocycles. The first-order valence-corrected chi connectivity index (χ1v) is 4.72. The molecule has 0 rings (SSSR count). The van der Waals surface area contributed by atoms with Crippen LogP contribution in [-0.2, 0) is 28.5 Å². The molecule has 0 fully saturated rings. The molecule has 0 aliphatic heterocycles. The topological polar surface area (TPSA) is 255 Å². The number of hydrogen-bond acceptors (Lipinski definition) is 9. The molecule has 0 saturated carbocycles. The molecule has 0 atom stereocenters. The summed E-state index contributed by atoms with van der Waals surface area (Å²) >= 11 is 0.